The first-order valence-electron chi connectivity index (χ1n) is 7.61. The molecular weight excluding hydrogens is 289 g/mol. The van der Waals surface area contributed by atoms with Crippen LogP contribution in [0.15, 0.2) is 18.2 Å². The molecule has 3 nitrogen and oxygen atoms in total. The number of nitrogens with one attached hydrogen (secondary N) is 1. The van der Waals surface area contributed by atoms with Crippen LogP contribution >= 0.6 is 0 Å². The molecule has 0 saturated carbocycles. The summed E-state index contributed by atoms with van der Waals surface area (Å²) in [4.78, 5) is 0. The van der Waals surface area contributed by atoms with Gasteiger partial charge in [0, 0.05) is 6.04 Å². The molecule has 0 spiro atoms. The summed E-state index contributed by atoms with van der Waals surface area (Å²) < 4.78 is 36.5. The smallest absolute Gasteiger partial charge is 0.150 e. The molecule has 0 aliphatic carbocycles. The van der Waals surface area contributed by atoms with Crippen molar-refractivity contribution in [3.63, 3.8) is 0 Å². The van der Waals surface area contributed by atoms with Crippen molar-refractivity contribution in [2.45, 2.75) is 39.2 Å². The highest BCUT2D eigenvalue weighted by molar-refractivity contribution is 7.91. The van der Waals surface area contributed by atoms with E-state index in [4.69, 9.17) is 0 Å². The predicted octanol–water partition coefficient (Wildman–Crippen LogP) is 3.00. The Balaban J connectivity index is 2.14. The lowest BCUT2D eigenvalue weighted by Gasteiger charge is -2.23. The normalized spacial score (nSPS) is 22.3. The first kappa shape index (κ1) is 16.4. The van der Waals surface area contributed by atoms with E-state index >= 15 is 0 Å². The van der Waals surface area contributed by atoms with Gasteiger partial charge in [0.05, 0.1) is 11.5 Å². The zero-order chi connectivity index (χ0) is 15.5. The Morgan fingerprint density at radius 3 is 2.76 bits per heavy atom. The van der Waals surface area contributed by atoms with Crippen molar-refractivity contribution in [2.24, 2.45) is 5.92 Å². The van der Waals surface area contributed by atoms with Crippen molar-refractivity contribution in [2.75, 3.05) is 18.1 Å². The molecule has 0 bridgehead atoms. The monoisotopic (exact) mass is 313 g/mol. The first-order valence-corrected chi connectivity index (χ1v) is 9.43. The quantitative estimate of drug-likeness (QED) is 0.878. The van der Waals surface area contributed by atoms with Gasteiger partial charge in [0.25, 0.3) is 0 Å². The molecule has 0 aromatic heterocycles. The Kier molecular flexibility index (Phi) is 5.38. The molecule has 5 heteroatoms. The lowest BCUT2D eigenvalue weighted by molar-refractivity contribution is 0.413. The minimum atomic E-state index is -2.85. The molecule has 0 amide bonds. The van der Waals surface area contributed by atoms with E-state index < -0.39 is 9.84 Å². The number of sulfone groups is 1. The topological polar surface area (TPSA) is 46.2 Å². The summed E-state index contributed by atoms with van der Waals surface area (Å²) in [6.45, 7) is 4.88. The van der Waals surface area contributed by atoms with Gasteiger partial charge in [-0.2, -0.15) is 0 Å². The molecule has 118 valence electrons. The van der Waals surface area contributed by atoms with Crippen molar-refractivity contribution in [3.05, 3.63) is 35.1 Å². The van der Waals surface area contributed by atoms with Crippen molar-refractivity contribution >= 4 is 9.84 Å². The molecule has 0 radical (unpaired) electrons. The second kappa shape index (κ2) is 6.88. The van der Waals surface area contributed by atoms with E-state index in [1.807, 2.05) is 13.0 Å². The van der Waals surface area contributed by atoms with Gasteiger partial charge < -0.3 is 5.32 Å². The van der Waals surface area contributed by atoms with Gasteiger partial charge in [-0.15, -0.1) is 0 Å². The number of hydrogen-bond donors (Lipinski definition) is 1. The average molecular weight is 313 g/mol. The molecule has 1 fully saturated rings. The average Bonchev–Trinajstić information content (AvgIpc) is 2.74. The molecule has 1 aliphatic rings. The predicted molar refractivity (Wildman–Crippen MR) is 83.5 cm³/mol. The fourth-order valence-corrected chi connectivity index (χ4v) is 4.94. The van der Waals surface area contributed by atoms with Gasteiger partial charge in [0.15, 0.2) is 9.84 Å². The Morgan fingerprint density at radius 2 is 2.19 bits per heavy atom. The van der Waals surface area contributed by atoms with E-state index in [0.29, 0.717) is 5.75 Å². The van der Waals surface area contributed by atoms with Crippen LogP contribution in [0.5, 0.6) is 0 Å². The highest BCUT2D eigenvalue weighted by Gasteiger charge is 2.30. The first-order chi connectivity index (χ1) is 9.91. The highest BCUT2D eigenvalue weighted by Crippen LogP contribution is 2.30. The van der Waals surface area contributed by atoms with Crippen LogP contribution in [0.2, 0.25) is 0 Å². The van der Waals surface area contributed by atoms with Crippen LogP contribution in [0.1, 0.15) is 43.4 Å². The number of hydrogen-bond acceptors (Lipinski definition) is 3. The molecule has 1 aromatic rings. The van der Waals surface area contributed by atoms with Gasteiger partial charge >= 0.3 is 0 Å². The second-order valence-electron chi connectivity index (χ2n) is 6.01. The zero-order valence-corrected chi connectivity index (χ0v) is 13.5. The fraction of sp³-hybridized carbons (Fsp3) is 0.625. The third kappa shape index (κ3) is 4.51. The summed E-state index contributed by atoms with van der Waals surface area (Å²) in [6, 6.07) is 4.95. The maximum absolute atomic E-state index is 13.3. The number of halogens is 1. The largest absolute Gasteiger partial charge is 0.310 e. The molecular formula is C16H24FNO2S. The molecule has 21 heavy (non-hydrogen) atoms. The van der Waals surface area contributed by atoms with Crippen molar-refractivity contribution < 1.29 is 12.8 Å². The van der Waals surface area contributed by atoms with E-state index in [1.165, 1.54) is 6.07 Å². The summed E-state index contributed by atoms with van der Waals surface area (Å²) in [5, 5.41) is 3.48. The van der Waals surface area contributed by atoms with Gasteiger partial charge in [-0.05, 0) is 61.9 Å². The summed E-state index contributed by atoms with van der Waals surface area (Å²) >= 11 is 0. The van der Waals surface area contributed by atoms with Crippen LogP contribution in [0.3, 0.4) is 0 Å². The van der Waals surface area contributed by atoms with Crippen molar-refractivity contribution in [1.82, 2.24) is 5.32 Å². The third-order valence-corrected chi connectivity index (χ3v) is 5.98. The summed E-state index contributed by atoms with van der Waals surface area (Å²) in [6.07, 6.45) is 2.55. The number of aryl methyl sites for hydroxylation is 1. The lowest BCUT2D eigenvalue weighted by atomic mass is 9.91. The number of rotatable bonds is 6. The van der Waals surface area contributed by atoms with E-state index in [1.54, 1.807) is 6.07 Å². The minimum absolute atomic E-state index is 0.101. The van der Waals surface area contributed by atoms with Gasteiger partial charge in [0.2, 0.25) is 0 Å². The van der Waals surface area contributed by atoms with Gasteiger partial charge in [-0.3, -0.25) is 0 Å². The Morgan fingerprint density at radius 1 is 1.43 bits per heavy atom. The van der Waals surface area contributed by atoms with Crippen LogP contribution in [0, 0.1) is 18.7 Å². The molecule has 2 rings (SSSR count). The van der Waals surface area contributed by atoms with Crippen LogP contribution in [0.4, 0.5) is 4.39 Å². The summed E-state index contributed by atoms with van der Waals surface area (Å²) in [7, 11) is -2.85. The minimum Gasteiger partial charge on any atom is -0.310 e. The molecule has 1 aliphatic heterocycles. The molecule has 2 unspecified atom stereocenters. The van der Waals surface area contributed by atoms with E-state index in [2.05, 4.69) is 12.2 Å². The van der Waals surface area contributed by atoms with Gasteiger partial charge in [0.1, 0.15) is 5.82 Å². The fourth-order valence-electron chi connectivity index (χ4n) is 3.06. The molecule has 1 heterocycles. The molecule has 1 aromatic carbocycles. The summed E-state index contributed by atoms with van der Waals surface area (Å²) in [5.41, 5.74) is 2.00. The van der Waals surface area contributed by atoms with Crippen LogP contribution in [0.25, 0.3) is 0 Å². The Hall–Kier alpha value is -0.940. The van der Waals surface area contributed by atoms with Crippen LogP contribution < -0.4 is 5.32 Å². The van der Waals surface area contributed by atoms with Crippen LogP contribution in [-0.4, -0.2) is 26.5 Å². The standard InChI is InChI=1S/C16H24FNO2S/c1-3-7-18-16(10-13-6-8-21(19,20)11-13)15-5-4-14(17)9-12(15)2/h4-5,9,13,16,18H,3,6-8,10-11H2,1-2H3. The third-order valence-electron chi connectivity index (χ3n) is 4.14. The SMILES string of the molecule is CCCNC(CC1CCS(=O)(=O)C1)c1ccc(F)cc1C. The zero-order valence-electron chi connectivity index (χ0n) is 12.7. The number of benzene rings is 1. The molecule has 1 saturated heterocycles. The summed E-state index contributed by atoms with van der Waals surface area (Å²) in [5.74, 6) is 0.570. The Bertz CT molecular complexity index is 586. The highest BCUT2D eigenvalue weighted by atomic mass is 32.2. The molecule has 2 atom stereocenters. The van der Waals surface area contributed by atoms with E-state index in [-0.39, 0.29) is 23.5 Å². The van der Waals surface area contributed by atoms with E-state index in [0.717, 1.165) is 36.9 Å². The lowest BCUT2D eigenvalue weighted by Crippen LogP contribution is -2.25. The second-order valence-corrected chi connectivity index (χ2v) is 8.24. The van der Waals surface area contributed by atoms with Crippen LogP contribution in [-0.2, 0) is 9.84 Å². The van der Waals surface area contributed by atoms with Gasteiger partial charge in [-0.25, -0.2) is 12.8 Å². The van der Waals surface area contributed by atoms with Crippen molar-refractivity contribution in [3.8, 4) is 0 Å². The van der Waals surface area contributed by atoms with Gasteiger partial charge in [-0.1, -0.05) is 13.0 Å². The maximum atomic E-state index is 13.3. The van der Waals surface area contributed by atoms with E-state index in [9.17, 15) is 12.8 Å². The maximum Gasteiger partial charge on any atom is 0.150 e. The molecule has 1 N–H and O–H groups in total. The Labute approximate surface area is 126 Å². The van der Waals surface area contributed by atoms with Crippen molar-refractivity contribution in [1.29, 1.82) is 0 Å².